The molecule has 0 atom stereocenters. The SMILES string of the molecule is CN1C(N)=NS(=O)(=O)N=C1NCCSCc1csc(NC(=N)N)n1.O=[N+]([O-])c1cc([N+](=O)[O-])c(O)c([N+](=O)[O-])c1. The lowest BCUT2D eigenvalue weighted by molar-refractivity contribution is -0.404. The fourth-order valence-electron chi connectivity index (χ4n) is 2.56. The van der Waals surface area contributed by atoms with Crippen LogP contribution in [0, 0.1) is 35.8 Å². The maximum Gasteiger partial charge on any atom is 0.369 e. The molecule has 2 aromatic rings. The molecule has 21 nitrogen and oxygen atoms in total. The van der Waals surface area contributed by atoms with Crippen molar-refractivity contribution in [1.29, 1.82) is 5.41 Å². The Morgan fingerprint density at radius 3 is 2.30 bits per heavy atom. The summed E-state index contributed by atoms with van der Waals surface area (Å²) < 4.78 is 29.6. The number of nitrogens with zero attached hydrogens (tertiary/aromatic N) is 7. The van der Waals surface area contributed by atoms with Crippen LogP contribution < -0.4 is 22.1 Å². The number of benzene rings is 1. The number of thioether (sulfide) groups is 1. The number of guanidine groups is 3. The Balaban J connectivity index is 0.000000305. The maximum atomic E-state index is 11.4. The lowest BCUT2D eigenvalue weighted by Crippen LogP contribution is -2.49. The Kier molecular flexibility index (Phi) is 10.4. The molecule has 0 radical (unpaired) electrons. The quantitative estimate of drug-likeness (QED) is 0.0719. The molecular formula is C16H20N12O9S3. The summed E-state index contributed by atoms with van der Waals surface area (Å²) in [5.41, 5.74) is 8.63. The number of hydrogen-bond acceptors (Lipinski definition) is 16. The molecule has 0 spiro atoms. The maximum absolute atomic E-state index is 11.4. The van der Waals surface area contributed by atoms with Crippen molar-refractivity contribution in [3.63, 3.8) is 0 Å². The molecule has 0 unspecified atom stereocenters. The number of phenols is 1. The lowest BCUT2D eigenvalue weighted by atomic mass is 10.2. The van der Waals surface area contributed by atoms with E-state index in [1.807, 2.05) is 5.38 Å². The van der Waals surface area contributed by atoms with E-state index in [-0.39, 0.29) is 17.9 Å². The number of hydrogen-bond donors (Lipinski definition) is 6. The zero-order valence-electron chi connectivity index (χ0n) is 20.1. The predicted octanol–water partition coefficient (Wildman–Crippen LogP) is 0.249. The summed E-state index contributed by atoms with van der Waals surface area (Å²) in [6, 6.07) is 0.894. The molecule has 216 valence electrons. The van der Waals surface area contributed by atoms with Crippen LogP contribution in [-0.2, 0) is 16.0 Å². The highest BCUT2D eigenvalue weighted by molar-refractivity contribution is 7.98. The van der Waals surface area contributed by atoms with Crippen LogP contribution >= 0.6 is 23.1 Å². The first-order valence-corrected chi connectivity index (χ1v) is 13.7. The topological polar surface area (TPSA) is 325 Å². The molecule has 1 aliphatic rings. The molecule has 1 aliphatic heterocycles. The van der Waals surface area contributed by atoms with Crippen LogP contribution in [0.2, 0.25) is 0 Å². The van der Waals surface area contributed by atoms with Gasteiger partial charge in [0, 0.05) is 30.5 Å². The Morgan fingerprint density at radius 2 is 1.77 bits per heavy atom. The second kappa shape index (κ2) is 13.3. The van der Waals surface area contributed by atoms with E-state index in [1.54, 1.807) is 18.8 Å². The van der Waals surface area contributed by atoms with Gasteiger partial charge in [-0.1, -0.05) is 0 Å². The number of nitrogens with one attached hydrogen (secondary N) is 3. The molecule has 3 rings (SSSR count). The Morgan fingerprint density at radius 1 is 1.18 bits per heavy atom. The van der Waals surface area contributed by atoms with Crippen molar-refractivity contribution in [1.82, 2.24) is 15.2 Å². The van der Waals surface area contributed by atoms with E-state index in [0.29, 0.717) is 35.3 Å². The first kappa shape index (κ1) is 31.4. The number of nitro benzene ring substituents is 3. The summed E-state index contributed by atoms with van der Waals surface area (Å²) in [6.45, 7) is 0.499. The van der Waals surface area contributed by atoms with E-state index in [2.05, 4.69) is 24.4 Å². The Labute approximate surface area is 232 Å². The van der Waals surface area contributed by atoms with Crippen LogP contribution in [0.25, 0.3) is 0 Å². The fraction of sp³-hybridized carbons (Fsp3) is 0.250. The van der Waals surface area contributed by atoms with Crippen LogP contribution in [0.1, 0.15) is 5.69 Å². The summed E-state index contributed by atoms with van der Waals surface area (Å²) >= 11 is 2.99. The average Bonchev–Trinajstić information content (AvgIpc) is 3.27. The van der Waals surface area contributed by atoms with Gasteiger partial charge < -0.3 is 27.2 Å². The van der Waals surface area contributed by atoms with E-state index in [9.17, 15) is 38.8 Å². The van der Waals surface area contributed by atoms with E-state index in [1.165, 1.54) is 16.2 Å². The predicted molar refractivity (Wildman–Crippen MR) is 146 cm³/mol. The first-order chi connectivity index (χ1) is 18.6. The fourth-order valence-corrected chi connectivity index (χ4v) is 4.94. The van der Waals surface area contributed by atoms with Gasteiger partial charge in [-0.05, 0) is 0 Å². The van der Waals surface area contributed by atoms with Crippen molar-refractivity contribution in [3.8, 4) is 5.75 Å². The first-order valence-electron chi connectivity index (χ1n) is 10.2. The van der Waals surface area contributed by atoms with E-state index >= 15 is 0 Å². The normalized spacial score (nSPS) is 13.7. The number of nitro groups is 3. The highest BCUT2D eigenvalue weighted by Gasteiger charge is 2.30. The van der Waals surface area contributed by atoms with Gasteiger partial charge in [0.05, 0.1) is 32.6 Å². The minimum atomic E-state index is -3.91. The van der Waals surface area contributed by atoms with Crippen molar-refractivity contribution in [2.45, 2.75) is 5.75 Å². The molecule has 1 aromatic heterocycles. The van der Waals surface area contributed by atoms with Gasteiger partial charge in [0.25, 0.3) is 11.4 Å². The third-order valence-corrected chi connectivity index (χ3v) is 6.92. The summed E-state index contributed by atoms with van der Waals surface area (Å²) in [5.74, 6) is 0.0418. The second-order valence-corrected chi connectivity index (χ2v) is 10.4. The van der Waals surface area contributed by atoms with Crippen molar-refractivity contribution >= 4 is 73.4 Å². The van der Waals surface area contributed by atoms with Gasteiger partial charge in [-0.25, -0.2) is 4.98 Å². The molecule has 24 heteroatoms. The third kappa shape index (κ3) is 8.88. The number of rotatable bonds is 9. The summed E-state index contributed by atoms with van der Waals surface area (Å²) in [4.78, 5) is 33.4. The summed E-state index contributed by atoms with van der Waals surface area (Å²) in [7, 11) is -2.34. The molecule has 0 fully saturated rings. The van der Waals surface area contributed by atoms with Crippen molar-refractivity contribution in [2.24, 2.45) is 20.3 Å². The van der Waals surface area contributed by atoms with Gasteiger partial charge in [0.15, 0.2) is 11.1 Å². The van der Waals surface area contributed by atoms with E-state index in [4.69, 9.17) is 22.0 Å². The van der Waals surface area contributed by atoms with Gasteiger partial charge in [-0.15, -0.1) is 20.1 Å². The molecule has 0 amide bonds. The van der Waals surface area contributed by atoms with E-state index in [0.717, 1.165) is 5.69 Å². The molecule has 2 heterocycles. The minimum Gasteiger partial charge on any atom is -0.497 e. The van der Waals surface area contributed by atoms with E-state index < -0.39 is 47.8 Å². The van der Waals surface area contributed by atoms with Crippen molar-refractivity contribution in [2.75, 3.05) is 24.7 Å². The number of aromatic nitrogens is 1. The number of nitrogens with two attached hydrogens (primary N) is 2. The van der Waals surface area contributed by atoms with Gasteiger partial charge in [0.2, 0.25) is 11.9 Å². The second-order valence-electron chi connectivity index (χ2n) is 7.14. The van der Waals surface area contributed by atoms with Gasteiger partial charge in [0.1, 0.15) is 0 Å². The molecule has 0 bridgehead atoms. The summed E-state index contributed by atoms with van der Waals surface area (Å²) in [6.07, 6.45) is 0. The zero-order valence-corrected chi connectivity index (χ0v) is 22.5. The molecule has 0 saturated carbocycles. The Hall–Kier alpha value is -4.84. The molecule has 1 aromatic carbocycles. The smallest absolute Gasteiger partial charge is 0.369 e. The zero-order chi connectivity index (χ0) is 30.2. The van der Waals surface area contributed by atoms with Crippen LogP contribution in [0.5, 0.6) is 5.75 Å². The van der Waals surface area contributed by atoms with Crippen molar-refractivity contribution < 1.29 is 28.3 Å². The standard InChI is InChI=1S/C10H17N9O2S3.C6H3N3O7/c1-19-8(13)17-24(20,21)18-9(19)14-2-3-22-4-6-5-23-10(15-6)16-7(11)12;10-6-4(8(13)14)1-3(7(11)12)2-5(6)9(15)16/h5H,2-4H2,1H3,(H2,13,17)(H,14,18)(H4,11,12,15,16);1-2,10H. The van der Waals surface area contributed by atoms with Gasteiger partial charge in [-0.3, -0.25) is 40.7 Å². The number of thiazole rings is 1. The number of phenolic OH excluding ortho intramolecular Hbond substituents is 1. The molecular weight excluding hydrogens is 600 g/mol. The largest absolute Gasteiger partial charge is 0.497 e. The molecule has 40 heavy (non-hydrogen) atoms. The average molecular weight is 621 g/mol. The number of aromatic hydroxyl groups is 1. The molecule has 0 aliphatic carbocycles. The monoisotopic (exact) mass is 620 g/mol. The number of anilines is 1. The third-order valence-electron chi connectivity index (χ3n) is 4.30. The van der Waals surface area contributed by atoms with Crippen molar-refractivity contribution in [3.05, 3.63) is 53.5 Å². The highest BCUT2D eigenvalue weighted by Crippen LogP contribution is 2.38. The highest BCUT2D eigenvalue weighted by atomic mass is 32.2. The Bertz CT molecular complexity index is 1460. The van der Waals surface area contributed by atoms with Crippen LogP contribution in [-0.4, -0.2) is 75.4 Å². The summed E-state index contributed by atoms with van der Waals surface area (Å²) in [5, 5.41) is 55.4. The molecule has 8 N–H and O–H groups in total. The number of non-ortho nitro benzene ring substituents is 1. The minimum absolute atomic E-state index is 0.131. The molecule has 0 saturated heterocycles. The van der Waals surface area contributed by atoms with Crippen LogP contribution in [0.3, 0.4) is 0 Å². The van der Waals surface area contributed by atoms with Gasteiger partial charge in [-0.2, -0.15) is 20.2 Å². The van der Waals surface area contributed by atoms with Gasteiger partial charge >= 0.3 is 21.6 Å². The van der Waals surface area contributed by atoms with Crippen LogP contribution in [0.15, 0.2) is 26.3 Å². The van der Waals surface area contributed by atoms with Crippen LogP contribution in [0.4, 0.5) is 22.2 Å². The lowest BCUT2D eigenvalue weighted by Gasteiger charge is -2.23.